The zero-order valence-electron chi connectivity index (χ0n) is 11.0. The molecule has 0 aromatic carbocycles. The molecule has 0 amide bonds. The van der Waals surface area contributed by atoms with E-state index in [0.717, 1.165) is 23.5 Å². The van der Waals surface area contributed by atoms with Crippen molar-refractivity contribution >= 4 is 23.0 Å². The lowest BCUT2D eigenvalue weighted by molar-refractivity contribution is 0.624. The zero-order chi connectivity index (χ0) is 14.9. The van der Waals surface area contributed by atoms with Crippen LogP contribution in [0.5, 0.6) is 0 Å². The van der Waals surface area contributed by atoms with Gasteiger partial charge in [-0.1, -0.05) is 0 Å². The molecule has 0 radical (unpaired) electrons. The molecule has 6 nitrogen and oxygen atoms in total. The van der Waals surface area contributed by atoms with Crippen molar-refractivity contribution in [3.8, 4) is 22.5 Å². The molecule has 4 aromatic heterocycles. The predicted octanol–water partition coefficient (Wildman–Crippen LogP) is 2.74. The number of nitrogens with zero attached hydrogens (tertiary/aromatic N) is 6. The molecule has 4 rings (SSSR count). The van der Waals surface area contributed by atoms with Gasteiger partial charge in [0.05, 0.1) is 17.9 Å². The van der Waals surface area contributed by atoms with Crippen LogP contribution in [0.2, 0.25) is 0 Å². The van der Waals surface area contributed by atoms with E-state index in [2.05, 4.69) is 28.7 Å². The molecule has 0 N–H and O–H groups in total. The van der Waals surface area contributed by atoms with Gasteiger partial charge in [-0.2, -0.15) is 8.75 Å². The molecule has 0 fully saturated rings. The van der Waals surface area contributed by atoms with E-state index in [1.165, 1.54) is 6.20 Å². The molecule has 8 heteroatoms. The van der Waals surface area contributed by atoms with Crippen molar-refractivity contribution in [2.45, 2.75) is 0 Å². The number of hydrogen-bond donors (Lipinski definition) is 0. The largest absolute Gasteiger partial charge is 0.264 e. The molecule has 22 heavy (non-hydrogen) atoms. The third-order valence-electron chi connectivity index (χ3n) is 3.08. The molecule has 0 atom stereocenters. The normalized spacial score (nSPS) is 11.0. The molecule has 0 spiro atoms. The molecule has 4 aromatic rings. The summed E-state index contributed by atoms with van der Waals surface area (Å²) in [7, 11) is 0. The monoisotopic (exact) mass is 310 g/mol. The average molecular weight is 310 g/mol. The third kappa shape index (κ3) is 2.09. The molecule has 0 aliphatic rings. The van der Waals surface area contributed by atoms with Crippen LogP contribution in [0.15, 0.2) is 43.0 Å². The predicted molar refractivity (Wildman–Crippen MR) is 79.4 cm³/mol. The number of halogens is 1. The maximum atomic E-state index is 14.1. The zero-order valence-corrected chi connectivity index (χ0v) is 11.8. The van der Waals surface area contributed by atoms with Gasteiger partial charge in [-0.05, 0) is 18.2 Å². The van der Waals surface area contributed by atoms with E-state index in [1.807, 2.05) is 6.07 Å². The highest BCUT2D eigenvalue weighted by Gasteiger charge is 2.17. The van der Waals surface area contributed by atoms with E-state index < -0.39 is 5.82 Å². The highest BCUT2D eigenvalue weighted by atomic mass is 32.1. The molecule has 0 unspecified atom stereocenters. The van der Waals surface area contributed by atoms with E-state index in [1.54, 1.807) is 24.5 Å². The Hall–Kier alpha value is -2.87. The van der Waals surface area contributed by atoms with E-state index in [9.17, 15) is 4.39 Å². The first-order valence-electron chi connectivity index (χ1n) is 6.33. The summed E-state index contributed by atoms with van der Waals surface area (Å²) in [6.07, 6.45) is 5.97. The maximum Gasteiger partial charge on any atom is 0.213 e. The lowest BCUT2D eigenvalue weighted by Crippen LogP contribution is -1.97. The number of aromatic nitrogens is 6. The Morgan fingerprint density at radius 1 is 0.864 bits per heavy atom. The van der Waals surface area contributed by atoms with Crippen molar-refractivity contribution in [3.63, 3.8) is 0 Å². The lowest BCUT2D eigenvalue weighted by Gasteiger charge is -2.08. The van der Waals surface area contributed by atoms with Crippen LogP contribution in [0, 0.1) is 5.82 Å². The fraction of sp³-hybridized carbons (Fsp3) is 0. The minimum atomic E-state index is -0.468. The minimum absolute atomic E-state index is 0.316. The average Bonchev–Trinajstić information content (AvgIpc) is 3.02. The first-order chi connectivity index (χ1) is 10.8. The first kappa shape index (κ1) is 12.8. The van der Waals surface area contributed by atoms with E-state index in [0.29, 0.717) is 28.2 Å². The maximum absolute atomic E-state index is 14.1. The quantitative estimate of drug-likeness (QED) is 0.566. The Kier molecular flexibility index (Phi) is 3.01. The van der Waals surface area contributed by atoms with Crippen molar-refractivity contribution in [1.82, 2.24) is 28.7 Å². The van der Waals surface area contributed by atoms with Gasteiger partial charge in [-0.15, -0.1) is 0 Å². The van der Waals surface area contributed by atoms with Gasteiger partial charge in [-0.3, -0.25) is 9.97 Å². The first-order valence-corrected chi connectivity index (χ1v) is 7.06. The van der Waals surface area contributed by atoms with Gasteiger partial charge in [0.2, 0.25) is 11.3 Å². The van der Waals surface area contributed by atoms with Crippen LogP contribution >= 0.6 is 11.7 Å². The van der Waals surface area contributed by atoms with Gasteiger partial charge in [-0.25, -0.2) is 14.4 Å². The van der Waals surface area contributed by atoms with E-state index in [-0.39, 0.29) is 0 Å². The number of fused-ring (bicyclic) bond motifs is 1. The summed E-state index contributed by atoms with van der Waals surface area (Å²) in [6, 6.07) is 5.18. The number of hydrogen-bond acceptors (Lipinski definition) is 7. The Bertz CT molecular complexity index is 956. The SMILES string of the molecule is Fc1cnccc1-c1nc2nsnc2nc1-c1cccnc1. The summed E-state index contributed by atoms with van der Waals surface area (Å²) in [4.78, 5) is 16.7. The summed E-state index contributed by atoms with van der Waals surface area (Å²) in [5.74, 6) is -0.468. The Morgan fingerprint density at radius 2 is 1.64 bits per heavy atom. The van der Waals surface area contributed by atoms with Gasteiger partial charge in [0, 0.05) is 29.7 Å². The van der Waals surface area contributed by atoms with Crippen LogP contribution in [0.25, 0.3) is 33.8 Å². The summed E-state index contributed by atoms with van der Waals surface area (Å²) < 4.78 is 22.3. The van der Waals surface area contributed by atoms with Crippen LogP contribution in [0.4, 0.5) is 4.39 Å². The summed E-state index contributed by atoms with van der Waals surface area (Å²) in [5, 5.41) is 0. The highest BCUT2D eigenvalue weighted by molar-refractivity contribution is 6.99. The fourth-order valence-electron chi connectivity index (χ4n) is 2.10. The number of rotatable bonds is 2. The summed E-state index contributed by atoms with van der Waals surface area (Å²) in [5.41, 5.74) is 2.78. The van der Waals surface area contributed by atoms with E-state index >= 15 is 0 Å². The molecule has 0 saturated heterocycles. The minimum Gasteiger partial charge on any atom is -0.264 e. The molecule has 0 saturated carbocycles. The molecule has 4 heterocycles. The second kappa shape index (κ2) is 5.15. The van der Waals surface area contributed by atoms with Crippen molar-refractivity contribution in [2.24, 2.45) is 0 Å². The van der Waals surface area contributed by atoms with Gasteiger partial charge in [0.15, 0.2) is 5.82 Å². The smallest absolute Gasteiger partial charge is 0.213 e. The molecular formula is C14H7FN6S. The summed E-state index contributed by atoms with van der Waals surface area (Å²) >= 11 is 1.02. The summed E-state index contributed by atoms with van der Waals surface area (Å²) in [6.45, 7) is 0. The molecule has 0 aliphatic carbocycles. The van der Waals surface area contributed by atoms with Gasteiger partial charge in [0.1, 0.15) is 11.4 Å². The third-order valence-corrected chi connectivity index (χ3v) is 3.59. The van der Waals surface area contributed by atoms with E-state index in [4.69, 9.17) is 0 Å². The van der Waals surface area contributed by atoms with Crippen molar-refractivity contribution in [1.29, 1.82) is 0 Å². The molecule has 0 bridgehead atoms. The van der Waals surface area contributed by atoms with Crippen LogP contribution in [-0.4, -0.2) is 28.7 Å². The van der Waals surface area contributed by atoms with Crippen LogP contribution in [0.3, 0.4) is 0 Å². The second-order valence-electron chi connectivity index (χ2n) is 4.43. The molecular weight excluding hydrogens is 303 g/mol. The molecule has 106 valence electrons. The Labute approximate surface area is 128 Å². The fourth-order valence-corrected chi connectivity index (χ4v) is 2.54. The van der Waals surface area contributed by atoms with Gasteiger partial charge < -0.3 is 0 Å². The van der Waals surface area contributed by atoms with Crippen LogP contribution in [-0.2, 0) is 0 Å². The standard InChI is InChI=1S/C14H7FN6S/c15-10-7-17-5-3-9(10)12-11(8-2-1-4-16-6-8)18-13-14(19-12)21-22-20-13/h1-7H. The topological polar surface area (TPSA) is 77.3 Å². The Balaban J connectivity index is 2.06. The second-order valence-corrected chi connectivity index (χ2v) is 4.96. The highest BCUT2D eigenvalue weighted by Crippen LogP contribution is 2.31. The van der Waals surface area contributed by atoms with Crippen molar-refractivity contribution in [3.05, 3.63) is 48.8 Å². The van der Waals surface area contributed by atoms with Crippen molar-refractivity contribution in [2.75, 3.05) is 0 Å². The van der Waals surface area contributed by atoms with Gasteiger partial charge in [0.25, 0.3) is 0 Å². The van der Waals surface area contributed by atoms with Crippen LogP contribution in [0.1, 0.15) is 0 Å². The Morgan fingerprint density at radius 3 is 2.36 bits per heavy atom. The number of pyridine rings is 2. The van der Waals surface area contributed by atoms with Crippen molar-refractivity contribution < 1.29 is 4.39 Å². The van der Waals surface area contributed by atoms with Crippen LogP contribution < -0.4 is 0 Å². The lowest BCUT2D eigenvalue weighted by atomic mass is 10.1. The van der Waals surface area contributed by atoms with Gasteiger partial charge >= 0.3 is 0 Å². The molecule has 0 aliphatic heterocycles.